The maximum atomic E-state index is 12.1. The van der Waals surface area contributed by atoms with Gasteiger partial charge in [-0.3, -0.25) is 0 Å². The molecule has 0 bridgehead atoms. The molecule has 23 heavy (non-hydrogen) atoms. The van der Waals surface area contributed by atoms with E-state index in [1.807, 2.05) is 48.5 Å². The monoisotopic (exact) mass is 326 g/mol. The third-order valence-corrected chi connectivity index (χ3v) is 3.94. The zero-order valence-electron chi connectivity index (χ0n) is 12.8. The van der Waals surface area contributed by atoms with Crippen molar-refractivity contribution in [3.8, 4) is 0 Å². The second-order valence-corrected chi connectivity index (χ2v) is 5.70. The lowest BCUT2D eigenvalue weighted by Crippen LogP contribution is -2.05. The molecule has 0 atom stereocenters. The van der Waals surface area contributed by atoms with Crippen LogP contribution in [-0.4, -0.2) is 17.7 Å². The Morgan fingerprint density at radius 3 is 2.26 bits per heavy atom. The molecule has 0 aliphatic rings. The average Bonchev–Trinajstić information content (AvgIpc) is 2.60. The summed E-state index contributed by atoms with van der Waals surface area (Å²) in [7, 11) is 0. The van der Waals surface area contributed by atoms with Crippen molar-refractivity contribution in [1.82, 2.24) is 0 Å². The zero-order chi connectivity index (χ0) is 16.5. The molecule has 3 nitrogen and oxygen atoms in total. The fourth-order valence-electron chi connectivity index (χ4n) is 1.82. The third-order valence-electron chi connectivity index (χ3n) is 2.91. The first kappa shape index (κ1) is 16.9. The van der Waals surface area contributed by atoms with E-state index in [-0.39, 0.29) is 5.76 Å². The average molecular weight is 326 g/mol. The molecule has 0 saturated carbocycles. The number of hydrogen-bond donors (Lipinski definition) is 1. The van der Waals surface area contributed by atoms with Crippen molar-refractivity contribution in [1.29, 1.82) is 0 Å². The smallest absolute Gasteiger partial charge is 0.344 e. The van der Waals surface area contributed by atoms with Gasteiger partial charge in [0, 0.05) is 10.5 Å². The molecule has 118 valence electrons. The lowest BCUT2D eigenvalue weighted by atomic mass is 10.2. The van der Waals surface area contributed by atoms with Crippen LogP contribution in [0.2, 0.25) is 0 Å². The van der Waals surface area contributed by atoms with Crippen LogP contribution < -0.4 is 0 Å². The predicted molar refractivity (Wildman–Crippen MR) is 94.1 cm³/mol. The standard InChI is InChI=1S/C19H18O3S/c1-2-22-19(21)18(23-16-11-7-4-8-12-16)14-13-17(20)15-9-5-3-6-10-15/h3-14,20H,2H2,1H3/b17-13-,18-14+. The molecular formula is C19H18O3S. The van der Waals surface area contributed by atoms with E-state index in [1.54, 1.807) is 25.1 Å². The number of aliphatic hydroxyl groups excluding tert-OH is 1. The van der Waals surface area contributed by atoms with Crippen LogP contribution in [0, 0.1) is 0 Å². The Kier molecular flexibility index (Phi) is 6.51. The van der Waals surface area contributed by atoms with Gasteiger partial charge in [-0.1, -0.05) is 60.3 Å². The van der Waals surface area contributed by atoms with E-state index in [4.69, 9.17) is 4.74 Å². The highest BCUT2D eigenvalue weighted by Crippen LogP contribution is 2.27. The molecule has 0 amide bonds. The largest absolute Gasteiger partial charge is 0.507 e. The van der Waals surface area contributed by atoms with Crippen molar-refractivity contribution >= 4 is 23.5 Å². The van der Waals surface area contributed by atoms with Crippen molar-refractivity contribution in [2.75, 3.05) is 6.61 Å². The quantitative estimate of drug-likeness (QED) is 0.272. The SMILES string of the molecule is CCOC(=O)/C(=C\C=C(/O)c1ccccc1)Sc1ccccc1. The van der Waals surface area contributed by atoms with Gasteiger partial charge in [-0.2, -0.15) is 0 Å². The van der Waals surface area contributed by atoms with Gasteiger partial charge in [-0.15, -0.1) is 0 Å². The summed E-state index contributed by atoms with van der Waals surface area (Å²) >= 11 is 1.30. The van der Waals surface area contributed by atoms with Crippen LogP contribution in [0.1, 0.15) is 12.5 Å². The molecule has 0 saturated heterocycles. The van der Waals surface area contributed by atoms with Crippen LogP contribution in [0.3, 0.4) is 0 Å². The van der Waals surface area contributed by atoms with Gasteiger partial charge >= 0.3 is 5.97 Å². The fourth-order valence-corrected chi connectivity index (χ4v) is 2.65. The summed E-state index contributed by atoms with van der Waals surface area (Å²) in [6.45, 7) is 2.07. The first-order chi connectivity index (χ1) is 11.2. The minimum atomic E-state index is -0.404. The molecular weight excluding hydrogens is 308 g/mol. The summed E-state index contributed by atoms with van der Waals surface area (Å²) in [5.74, 6) is -0.306. The molecule has 0 aliphatic carbocycles. The molecule has 0 unspecified atom stereocenters. The molecule has 0 aliphatic heterocycles. The number of esters is 1. The number of aliphatic hydroxyl groups is 1. The maximum absolute atomic E-state index is 12.1. The molecule has 2 rings (SSSR count). The lowest BCUT2D eigenvalue weighted by molar-refractivity contribution is -0.137. The molecule has 0 radical (unpaired) electrons. The zero-order valence-corrected chi connectivity index (χ0v) is 13.6. The molecule has 4 heteroatoms. The number of carbonyl (C=O) groups is 1. The van der Waals surface area contributed by atoms with Crippen molar-refractivity contribution < 1.29 is 14.6 Å². The van der Waals surface area contributed by atoms with Crippen molar-refractivity contribution in [2.45, 2.75) is 11.8 Å². The minimum absolute atomic E-state index is 0.0982. The van der Waals surface area contributed by atoms with Crippen molar-refractivity contribution in [3.63, 3.8) is 0 Å². The van der Waals surface area contributed by atoms with Crippen LogP contribution >= 0.6 is 11.8 Å². The van der Waals surface area contributed by atoms with Crippen LogP contribution in [0.25, 0.3) is 5.76 Å². The van der Waals surface area contributed by atoms with Crippen molar-refractivity contribution in [2.24, 2.45) is 0 Å². The van der Waals surface area contributed by atoms with E-state index in [0.29, 0.717) is 17.1 Å². The van der Waals surface area contributed by atoms with Crippen LogP contribution in [0.15, 0.2) is 82.6 Å². The van der Waals surface area contributed by atoms with Crippen LogP contribution in [0.5, 0.6) is 0 Å². The first-order valence-corrected chi connectivity index (χ1v) is 8.08. The summed E-state index contributed by atoms with van der Waals surface area (Å²) in [6, 6.07) is 18.7. The number of thioether (sulfide) groups is 1. The van der Waals surface area contributed by atoms with Crippen molar-refractivity contribution in [3.05, 3.63) is 83.3 Å². The second kappa shape index (κ2) is 8.86. The molecule has 0 aromatic heterocycles. The van der Waals surface area contributed by atoms with E-state index in [1.165, 1.54) is 17.8 Å². The van der Waals surface area contributed by atoms with E-state index in [9.17, 15) is 9.90 Å². The van der Waals surface area contributed by atoms with Gasteiger partial charge in [0.15, 0.2) is 0 Å². The van der Waals surface area contributed by atoms with Gasteiger partial charge in [-0.25, -0.2) is 4.79 Å². The Morgan fingerprint density at radius 1 is 1.04 bits per heavy atom. The molecule has 2 aromatic carbocycles. The van der Waals surface area contributed by atoms with Gasteiger partial charge in [0.1, 0.15) is 5.76 Å². The highest BCUT2D eigenvalue weighted by molar-refractivity contribution is 8.04. The van der Waals surface area contributed by atoms with Gasteiger partial charge in [0.25, 0.3) is 0 Å². The summed E-state index contributed by atoms with van der Waals surface area (Å²) in [6.07, 6.45) is 3.09. The number of carbonyl (C=O) groups excluding carboxylic acids is 1. The number of allylic oxidation sites excluding steroid dienone is 2. The maximum Gasteiger partial charge on any atom is 0.344 e. The number of hydrogen-bond acceptors (Lipinski definition) is 4. The van der Waals surface area contributed by atoms with Gasteiger partial charge in [0.2, 0.25) is 0 Å². The Labute approximate surface area is 140 Å². The highest BCUT2D eigenvalue weighted by Gasteiger charge is 2.12. The molecule has 0 spiro atoms. The number of rotatable bonds is 6. The normalized spacial score (nSPS) is 12.0. The van der Waals surface area contributed by atoms with Gasteiger partial charge in [0.05, 0.1) is 11.5 Å². The first-order valence-electron chi connectivity index (χ1n) is 7.27. The molecule has 0 heterocycles. The number of ether oxygens (including phenoxy) is 1. The van der Waals surface area contributed by atoms with E-state index in [2.05, 4.69) is 0 Å². The molecule has 2 aromatic rings. The van der Waals surface area contributed by atoms with Gasteiger partial charge in [-0.05, 0) is 31.2 Å². The Hall–Kier alpha value is -2.46. The predicted octanol–water partition coefficient (Wildman–Crippen LogP) is 4.82. The minimum Gasteiger partial charge on any atom is -0.507 e. The summed E-state index contributed by atoms with van der Waals surface area (Å²) in [4.78, 5) is 13.4. The Balaban J connectivity index is 2.24. The number of benzene rings is 2. The molecule has 1 N–H and O–H groups in total. The summed E-state index contributed by atoms with van der Waals surface area (Å²) < 4.78 is 5.08. The van der Waals surface area contributed by atoms with E-state index < -0.39 is 5.97 Å². The topological polar surface area (TPSA) is 46.5 Å². The van der Waals surface area contributed by atoms with Crippen LogP contribution in [-0.2, 0) is 9.53 Å². The van der Waals surface area contributed by atoms with Gasteiger partial charge < -0.3 is 9.84 Å². The highest BCUT2D eigenvalue weighted by atomic mass is 32.2. The Morgan fingerprint density at radius 2 is 1.65 bits per heavy atom. The summed E-state index contributed by atoms with van der Waals surface area (Å²) in [5.41, 5.74) is 0.691. The third kappa shape index (κ3) is 5.34. The lowest BCUT2D eigenvalue weighted by Gasteiger charge is -2.06. The van der Waals surface area contributed by atoms with Crippen LogP contribution in [0.4, 0.5) is 0 Å². The summed E-state index contributed by atoms with van der Waals surface area (Å²) in [5, 5.41) is 10.1. The fraction of sp³-hybridized carbons (Fsp3) is 0.105. The van der Waals surface area contributed by atoms with E-state index in [0.717, 1.165) is 4.90 Å². The van der Waals surface area contributed by atoms with E-state index >= 15 is 0 Å². The Bertz CT molecular complexity index is 691. The molecule has 0 fully saturated rings. The second-order valence-electron chi connectivity index (χ2n) is 4.58.